The molecule has 5 nitrogen and oxygen atoms in total. The number of carbonyl (C=O) groups excluding carboxylic acids is 1. The van der Waals surface area contributed by atoms with Gasteiger partial charge in [0.2, 0.25) is 0 Å². The van der Waals surface area contributed by atoms with Crippen LogP contribution in [0.1, 0.15) is 40.0 Å². The van der Waals surface area contributed by atoms with Gasteiger partial charge in [0.15, 0.2) is 0 Å². The normalized spacial score (nSPS) is 28.9. The number of esters is 1. The molecule has 3 unspecified atom stereocenters. The fourth-order valence-corrected chi connectivity index (χ4v) is 3.67. The zero-order valence-electron chi connectivity index (χ0n) is 14.0. The molecule has 1 heterocycles. The van der Waals surface area contributed by atoms with E-state index in [2.05, 4.69) is 38.0 Å². The monoisotopic (exact) mass is 298 g/mol. The summed E-state index contributed by atoms with van der Waals surface area (Å²) >= 11 is 0. The summed E-state index contributed by atoms with van der Waals surface area (Å²) < 4.78 is 10.8. The highest BCUT2D eigenvalue weighted by Crippen LogP contribution is 2.41. The maximum Gasteiger partial charge on any atom is 0.327 e. The van der Waals surface area contributed by atoms with Gasteiger partial charge >= 0.3 is 5.97 Å². The van der Waals surface area contributed by atoms with Crippen LogP contribution in [-0.4, -0.2) is 61.9 Å². The predicted molar refractivity (Wildman–Crippen MR) is 82.2 cm³/mol. The Bertz CT molecular complexity index is 371. The van der Waals surface area contributed by atoms with E-state index in [0.29, 0.717) is 18.5 Å². The molecule has 0 spiro atoms. The Morgan fingerprint density at radius 2 is 2.10 bits per heavy atom. The quantitative estimate of drug-likeness (QED) is 0.720. The van der Waals surface area contributed by atoms with Crippen LogP contribution >= 0.6 is 0 Å². The zero-order valence-corrected chi connectivity index (χ0v) is 14.0. The van der Waals surface area contributed by atoms with Crippen LogP contribution in [0.4, 0.5) is 0 Å². The van der Waals surface area contributed by atoms with Crippen molar-refractivity contribution in [2.75, 3.05) is 27.3 Å². The lowest BCUT2D eigenvalue weighted by atomic mass is 9.90. The molecular formula is C16H30N2O3. The van der Waals surface area contributed by atoms with Gasteiger partial charge in [0.05, 0.1) is 13.2 Å². The number of nitrogens with one attached hydrogen (secondary N) is 1. The molecule has 0 radical (unpaired) electrons. The van der Waals surface area contributed by atoms with Crippen molar-refractivity contribution >= 4 is 5.97 Å². The fraction of sp³-hybridized carbons (Fsp3) is 0.938. The standard InChI is InChI=1S/C16H30N2O3/c1-11(2)17-16(13-6-7-13,15(19)20-5)10-18(4)14-8-9-21-12(14)3/h11-14,17H,6-10H2,1-5H3. The van der Waals surface area contributed by atoms with Gasteiger partial charge in [-0.2, -0.15) is 0 Å². The number of ether oxygens (including phenoxy) is 2. The van der Waals surface area contributed by atoms with Gasteiger partial charge in [-0.25, -0.2) is 4.79 Å². The van der Waals surface area contributed by atoms with E-state index >= 15 is 0 Å². The highest BCUT2D eigenvalue weighted by atomic mass is 16.5. The molecule has 0 bridgehead atoms. The van der Waals surface area contributed by atoms with Crippen molar-refractivity contribution in [3.8, 4) is 0 Å². The summed E-state index contributed by atoms with van der Waals surface area (Å²) in [6, 6.07) is 0.622. The van der Waals surface area contributed by atoms with Crippen molar-refractivity contribution in [2.45, 2.75) is 63.8 Å². The Morgan fingerprint density at radius 3 is 2.52 bits per heavy atom. The lowest BCUT2D eigenvalue weighted by molar-refractivity contribution is -0.151. The van der Waals surface area contributed by atoms with E-state index in [1.165, 1.54) is 7.11 Å². The van der Waals surface area contributed by atoms with Gasteiger partial charge in [-0.3, -0.25) is 10.2 Å². The summed E-state index contributed by atoms with van der Waals surface area (Å²) in [5.74, 6) is 0.254. The van der Waals surface area contributed by atoms with Crippen LogP contribution in [0.15, 0.2) is 0 Å². The first-order chi connectivity index (χ1) is 9.90. The van der Waals surface area contributed by atoms with Crippen molar-refractivity contribution < 1.29 is 14.3 Å². The van der Waals surface area contributed by atoms with Crippen LogP contribution < -0.4 is 5.32 Å². The second-order valence-corrected chi connectivity index (χ2v) is 6.88. The summed E-state index contributed by atoms with van der Waals surface area (Å²) in [6.45, 7) is 7.77. The highest BCUT2D eigenvalue weighted by molar-refractivity contribution is 5.82. The molecule has 21 heavy (non-hydrogen) atoms. The largest absolute Gasteiger partial charge is 0.468 e. The summed E-state index contributed by atoms with van der Waals surface area (Å²) in [7, 11) is 3.58. The van der Waals surface area contributed by atoms with E-state index in [-0.39, 0.29) is 18.1 Å². The van der Waals surface area contributed by atoms with Gasteiger partial charge in [-0.1, -0.05) is 0 Å². The van der Waals surface area contributed by atoms with Gasteiger partial charge in [0, 0.05) is 25.2 Å². The zero-order chi connectivity index (χ0) is 15.6. The smallest absolute Gasteiger partial charge is 0.327 e. The van der Waals surface area contributed by atoms with E-state index in [4.69, 9.17) is 9.47 Å². The maximum absolute atomic E-state index is 12.5. The molecule has 2 aliphatic rings. The van der Waals surface area contributed by atoms with Crippen LogP contribution in [0, 0.1) is 5.92 Å². The Kier molecular flexibility index (Phi) is 5.28. The second kappa shape index (κ2) is 6.63. The molecule has 122 valence electrons. The van der Waals surface area contributed by atoms with Crippen molar-refractivity contribution in [3.63, 3.8) is 0 Å². The number of hydrogen-bond acceptors (Lipinski definition) is 5. The first-order valence-electron chi connectivity index (χ1n) is 8.08. The molecule has 0 aromatic rings. The molecule has 1 saturated heterocycles. The minimum atomic E-state index is -0.583. The number of hydrogen-bond donors (Lipinski definition) is 1. The molecule has 2 fully saturated rings. The minimum absolute atomic E-state index is 0.128. The van der Waals surface area contributed by atoms with E-state index < -0.39 is 5.54 Å². The lowest BCUT2D eigenvalue weighted by Gasteiger charge is -2.39. The van der Waals surface area contributed by atoms with Crippen LogP contribution in [-0.2, 0) is 14.3 Å². The van der Waals surface area contributed by atoms with Crippen molar-refractivity contribution in [3.05, 3.63) is 0 Å². The summed E-state index contributed by atoms with van der Waals surface area (Å²) in [4.78, 5) is 14.8. The second-order valence-electron chi connectivity index (χ2n) is 6.88. The average molecular weight is 298 g/mol. The van der Waals surface area contributed by atoms with Gasteiger partial charge in [-0.05, 0) is 53.0 Å². The molecule has 5 heteroatoms. The van der Waals surface area contributed by atoms with Gasteiger partial charge < -0.3 is 9.47 Å². The van der Waals surface area contributed by atoms with Crippen molar-refractivity contribution in [2.24, 2.45) is 5.92 Å². The van der Waals surface area contributed by atoms with Gasteiger partial charge in [0.1, 0.15) is 5.54 Å². The van der Waals surface area contributed by atoms with Crippen molar-refractivity contribution in [1.29, 1.82) is 0 Å². The van der Waals surface area contributed by atoms with E-state index in [0.717, 1.165) is 25.9 Å². The average Bonchev–Trinajstić information content (AvgIpc) is 3.19. The minimum Gasteiger partial charge on any atom is -0.468 e. The molecular weight excluding hydrogens is 268 g/mol. The number of carbonyl (C=O) groups is 1. The van der Waals surface area contributed by atoms with Gasteiger partial charge in [0.25, 0.3) is 0 Å². The number of methoxy groups -OCH3 is 1. The third kappa shape index (κ3) is 3.58. The Balaban J connectivity index is 2.16. The summed E-state index contributed by atoms with van der Waals surface area (Å²) in [5.41, 5.74) is -0.583. The van der Waals surface area contributed by atoms with Crippen LogP contribution in [0.25, 0.3) is 0 Å². The van der Waals surface area contributed by atoms with E-state index in [1.54, 1.807) is 0 Å². The molecule has 0 amide bonds. The van der Waals surface area contributed by atoms with Crippen LogP contribution in [0.2, 0.25) is 0 Å². The SMILES string of the molecule is COC(=O)C(CN(C)C1CCOC1C)(NC(C)C)C1CC1. The fourth-order valence-electron chi connectivity index (χ4n) is 3.67. The van der Waals surface area contributed by atoms with Gasteiger partial charge in [-0.15, -0.1) is 0 Å². The van der Waals surface area contributed by atoms with Crippen molar-refractivity contribution in [1.82, 2.24) is 10.2 Å². The summed E-state index contributed by atoms with van der Waals surface area (Å²) in [6.07, 6.45) is 3.45. The highest BCUT2D eigenvalue weighted by Gasteiger charge is 2.53. The van der Waals surface area contributed by atoms with E-state index in [1.807, 2.05) is 0 Å². The molecule has 0 aromatic heterocycles. The number of nitrogens with zero attached hydrogens (tertiary/aromatic N) is 1. The first-order valence-corrected chi connectivity index (χ1v) is 8.08. The third-order valence-electron chi connectivity index (χ3n) is 4.77. The molecule has 2 rings (SSSR count). The predicted octanol–water partition coefficient (Wildman–Crippen LogP) is 1.42. The Morgan fingerprint density at radius 1 is 1.43 bits per heavy atom. The topological polar surface area (TPSA) is 50.8 Å². The summed E-state index contributed by atoms with van der Waals surface area (Å²) in [5, 5.41) is 3.52. The molecule has 1 aliphatic heterocycles. The number of likely N-dealkylation sites (N-methyl/N-ethyl adjacent to an activating group) is 1. The first kappa shape index (κ1) is 16.7. The van der Waals surface area contributed by atoms with E-state index in [9.17, 15) is 4.79 Å². The molecule has 0 aromatic carbocycles. The van der Waals surface area contributed by atoms with Crippen LogP contribution in [0.3, 0.4) is 0 Å². The Labute approximate surface area is 128 Å². The maximum atomic E-state index is 12.5. The Hall–Kier alpha value is -0.650. The lowest BCUT2D eigenvalue weighted by Crippen LogP contribution is -2.63. The number of rotatable bonds is 7. The third-order valence-corrected chi connectivity index (χ3v) is 4.77. The molecule has 1 aliphatic carbocycles. The van der Waals surface area contributed by atoms with Crippen LogP contribution in [0.5, 0.6) is 0 Å². The molecule has 3 atom stereocenters. The molecule has 1 saturated carbocycles. The molecule has 1 N–H and O–H groups in total.